The molecule has 156 valence electrons. The van der Waals surface area contributed by atoms with Crippen molar-refractivity contribution in [2.75, 3.05) is 28.4 Å². The largest absolute Gasteiger partial charge is 0.495 e. The number of hydrogen-bond donors (Lipinski definition) is 0. The molecule has 1 heterocycles. The Morgan fingerprint density at radius 2 is 1.63 bits per heavy atom. The minimum absolute atomic E-state index is 0.110. The Morgan fingerprint density at radius 3 is 2.27 bits per heavy atom. The fourth-order valence-electron chi connectivity index (χ4n) is 3.09. The van der Waals surface area contributed by atoms with Crippen molar-refractivity contribution < 1.29 is 23.7 Å². The second-order valence-electron chi connectivity index (χ2n) is 6.19. The minimum Gasteiger partial charge on any atom is -0.495 e. The van der Waals surface area contributed by atoms with Gasteiger partial charge in [-0.25, -0.2) is 0 Å². The van der Waals surface area contributed by atoms with Crippen LogP contribution in [0, 0.1) is 12.3 Å². The van der Waals surface area contributed by atoms with Gasteiger partial charge in [0.25, 0.3) is 5.91 Å². The van der Waals surface area contributed by atoms with Gasteiger partial charge in [-0.05, 0) is 29.8 Å². The van der Waals surface area contributed by atoms with Gasteiger partial charge in [0.1, 0.15) is 21.7 Å². The standard InChI is InChI=1S/C22H22N2O5S/c1-6-11-24-20-16(27-3)9-10-17(28-4)21(20)30-22(24)23-19(25)13-14-7-8-15(26-2)18(12-14)29-5/h1,7-10,12H,11,13H2,2-5H3. The summed E-state index contributed by atoms with van der Waals surface area (Å²) in [4.78, 5) is 17.5. The first-order valence-electron chi connectivity index (χ1n) is 9.02. The molecule has 0 aliphatic heterocycles. The first-order chi connectivity index (χ1) is 14.6. The summed E-state index contributed by atoms with van der Waals surface area (Å²) in [5.41, 5.74) is 1.51. The Morgan fingerprint density at radius 1 is 1.00 bits per heavy atom. The van der Waals surface area contributed by atoms with Crippen LogP contribution in [0.1, 0.15) is 5.56 Å². The molecule has 0 radical (unpaired) electrons. The zero-order valence-corrected chi connectivity index (χ0v) is 18.0. The van der Waals surface area contributed by atoms with E-state index < -0.39 is 0 Å². The number of methoxy groups -OCH3 is 4. The lowest BCUT2D eigenvalue weighted by atomic mass is 10.1. The lowest BCUT2D eigenvalue weighted by molar-refractivity contribution is -0.117. The maximum Gasteiger partial charge on any atom is 0.252 e. The Labute approximate surface area is 178 Å². The van der Waals surface area contributed by atoms with E-state index >= 15 is 0 Å². The molecule has 0 aliphatic rings. The van der Waals surface area contributed by atoms with Gasteiger partial charge in [-0.2, -0.15) is 4.99 Å². The Hall–Kier alpha value is -3.44. The van der Waals surface area contributed by atoms with Crippen LogP contribution in [0.2, 0.25) is 0 Å². The third-order valence-corrected chi connectivity index (χ3v) is 5.56. The quantitative estimate of drug-likeness (QED) is 0.543. The summed E-state index contributed by atoms with van der Waals surface area (Å²) in [5.74, 6) is 4.75. The molecule has 0 saturated heterocycles. The zero-order chi connectivity index (χ0) is 21.7. The van der Waals surface area contributed by atoms with Crippen molar-refractivity contribution in [3.05, 3.63) is 40.7 Å². The molecule has 0 aliphatic carbocycles. The number of amides is 1. The minimum atomic E-state index is -0.308. The van der Waals surface area contributed by atoms with Crippen LogP contribution in [0.5, 0.6) is 23.0 Å². The molecule has 0 fully saturated rings. The summed E-state index contributed by atoms with van der Waals surface area (Å²) in [7, 11) is 6.28. The van der Waals surface area contributed by atoms with Gasteiger partial charge in [-0.15, -0.1) is 6.42 Å². The van der Waals surface area contributed by atoms with Gasteiger partial charge in [0, 0.05) is 0 Å². The number of hydrogen-bond acceptors (Lipinski definition) is 6. The number of aromatic nitrogens is 1. The molecule has 2 aromatic carbocycles. The average molecular weight is 426 g/mol. The van der Waals surface area contributed by atoms with E-state index in [1.165, 1.54) is 11.3 Å². The van der Waals surface area contributed by atoms with Gasteiger partial charge < -0.3 is 23.5 Å². The fraction of sp³-hybridized carbons (Fsp3) is 0.273. The predicted molar refractivity (Wildman–Crippen MR) is 116 cm³/mol. The van der Waals surface area contributed by atoms with Gasteiger partial charge in [-0.1, -0.05) is 23.3 Å². The molecule has 0 bridgehead atoms. The molecule has 3 rings (SSSR count). The van der Waals surface area contributed by atoms with Crippen molar-refractivity contribution in [3.63, 3.8) is 0 Å². The Kier molecular flexibility index (Phi) is 6.65. The van der Waals surface area contributed by atoms with E-state index in [0.29, 0.717) is 27.8 Å². The van der Waals surface area contributed by atoms with Crippen LogP contribution in [-0.4, -0.2) is 38.9 Å². The molecule has 1 aromatic heterocycles. The number of carbonyl (C=O) groups is 1. The summed E-state index contributed by atoms with van der Waals surface area (Å²) < 4.78 is 24.1. The van der Waals surface area contributed by atoms with Crippen LogP contribution in [0.4, 0.5) is 0 Å². The van der Waals surface area contributed by atoms with Crippen molar-refractivity contribution >= 4 is 27.5 Å². The smallest absolute Gasteiger partial charge is 0.252 e. The topological polar surface area (TPSA) is 71.3 Å². The highest BCUT2D eigenvalue weighted by Crippen LogP contribution is 2.35. The molecule has 0 saturated carbocycles. The highest BCUT2D eigenvalue weighted by atomic mass is 32.1. The first-order valence-corrected chi connectivity index (χ1v) is 9.84. The van der Waals surface area contributed by atoms with Gasteiger partial charge in [0.15, 0.2) is 16.3 Å². The number of rotatable bonds is 7. The SMILES string of the molecule is C#CCn1c(=NC(=O)Cc2ccc(OC)c(OC)c2)sc2c(OC)ccc(OC)c21. The lowest BCUT2D eigenvalue weighted by Gasteiger charge is -2.08. The molecule has 0 spiro atoms. The molecule has 0 atom stereocenters. The Bertz CT molecular complexity index is 1190. The van der Waals surface area contributed by atoms with Gasteiger partial charge in [-0.3, -0.25) is 4.79 Å². The summed E-state index contributed by atoms with van der Waals surface area (Å²) in [6.45, 7) is 0.242. The summed E-state index contributed by atoms with van der Waals surface area (Å²) in [6, 6.07) is 8.94. The fourth-order valence-corrected chi connectivity index (χ4v) is 4.24. The van der Waals surface area contributed by atoms with Crippen LogP contribution in [0.25, 0.3) is 10.2 Å². The number of fused-ring (bicyclic) bond motifs is 1. The van der Waals surface area contributed by atoms with Gasteiger partial charge in [0.2, 0.25) is 0 Å². The highest BCUT2D eigenvalue weighted by Gasteiger charge is 2.16. The molecule has 30 heavy (non-hydrogen) atoms. The van der Waals surface area contributed by atoms with Crippen molar-refractivity contribution in [1.29, 1.82) is 0 Å². The monoisotopic (exact) mass is 426 g/mol. The van der Waals surface area contributed by atoms with E-state index in [9.17, 15) is 4.79 Å². The zero-order valence-electron chi connectivity index (χ0n) is 17.2. The van der Waals surface area contributed by atoms with Crippen LogP contribution in [0.15, 0.2) is 35.3 Å². The highest BCUT2D eigenvalue weighted by molar-refractivity contribution is 7.16. The predicted octanol–water partition coefficient (Wildman–Crippen LogP) is 3.04. The molecule has 0 N–H and O–H groups in total. The number of thiazole rings is 1. The molecule has 7 nitrogen and oxygen atoms in total. The van der Waals surface area contributed by atoms with E-state index in [4.69, 9.17) is 25.4 Å². The van der Waals surface area contributed by atoms with Crippen molar-refractivity contribution in [3.8, 4) is 35.3 Å². The number of ether oxygens (including phenoxy) is 4. The number of nitrogens with zero attached hydrogens (tertiary/aromatic N) is 2. The van der Waals surface area contributed by atoms with E-state index in [0.717, 1.165) is 15.8 Å². The second kappa shape index (κ2) is 9.37. The second-order valence-corrected chi connectivity index (χ2v) is 7.17. The van der Waals surface area contributed by atoms with Gasteiger partial charge in [0.05, 0.1) is 41.4 Å². The Balaban J connectivity index is 2.06. The van der Waals surface area contributed by atoms with Crippen molar-refractivity contribution in [2.24, 2.45) is 4.99 Å². The van der Waals surface area contributed by atoms with E-state index in [1.54, 1.807) is 57.3 Å². The van der Waals surface area contributed by atoms with Crippen LogP contribution < -0.4 is 23.7 Å². The number of terminal acetylenes is 1. The molecular weight excluding hydrogens is 404 g/mol. The van der Waals surface area contributed by atoms with Crippen molar-refractivity contribution in [2.45, 2.75) is 13.0 Å². The van der Waals surface area contributed by atoms with E-state index in [-0.39, 0.29) is 18.9 Å². The average Bonchev–Trinajstić information content (AvgIpc) is 3.11. The molecule has 1 amide bonds. The van der Waals surface area contributed by atoms with Crippen LogP contribution in [-0.2, 0) is 17.8 Å². The summed E-state index contributed by atoms with van der Waals surface area (Å²) in [6.07, 6.45) is 5.67. The third kappa shape index (κ3) is 4.11. The molecular formula is C22H22N2O5S. The van der Waals surface area contributed by atoms with Crippen LogP contribution >= 0.6 is 11.3 Å². The van der Waals surface area contributed by atoms with Crippen molar-refractivity contribution in [1.82, 2.24) is 4.57 Å². The molecule has 3 aromatic rings. The third-order valence-electron chi connectivity index (χ3n) is 4.47. The molecule has 0 unspecified atom stereocenters. The number of benzene rings is 2. The first kappa shape index (κ1) is 21.3. The summed E-state index contributed by atoms with van der Waals surface area (Å²) in [5, 5.41) is 0. The van der Waals surface area contributed by atoms with Crippen LogP contribution in [0.3, 0.4) is 0 Å². The lowest BCUT2D eigenvalue weighted by Crippen LogP contribution is -2.17. The summed E-state index contributed by atoms with van der Waals surface area (Å²) >= 11 is 1.33. The van der Waals surface area contributed by atoms with E-state index in [2.05, 4.69) is 10.9 Å². The normalized spacial score (nSPS) is 11.2. The van der Waals surface area contributed by atoms with E-state index in [1.807, 2.05) is 6.07 Å². The maximum atomic E-state index is 12.7. The maximum absolute atomic E-state index is 12.7. The van der Waals surface area contributed by atoms with Gasteiger partial charge >= 0.3 is 0 Å². The number of carbonyl (C=O) groups excluding carboxylic acids is 1. The molecule has 8 heteroatoms.